The molecular weight excluding hydrogens is 338 g/mol. The lowest BCUT2D eigenvalue weighted by molar-refractivity contribution is -0.384. The highest BCUT2D eigenvalue weighted by Crippen LogP contribution is 2.33. The van der Waals surface area contributed by atoms with E-state index in [1.165, 1.54) is 12.1 Å². The van der Waals surface area contributed by atoms with Crippen molar-refractivity contribution in [1.82, 2.24) is 9.88 Å². The molecule has 1 aliphatic heterocycles. The molecule has 1 fully saturated rings. The third-order valence-electron chi connectivity index (χ3n) is 4.38. The molecule has 2 aromatic rings. The zero-order valence-electron chi connectivity index (χ0n) is 14.3. The Morgan fingerprint density at radius 2 is 2.12 bits per heavy atom. The highest BCUT2D eigenvalue weighted by atomic mass is 16.6. The quantitative estimate of drug-likeness (QED) is 0.503. The lowest BCUT2D eigenvalue weighted by atomic mass is 10.1. The number of amides is 1. The molecule has 0 aliphatic carbocycles. The topological polar surface area (TPSA) is 106 Å². The highest BCUT2D eigenvalue weighted by Gasteiger charge is 2.32. The summed E-state index contributed by atoms with van der Waals surface area (Å²) in [5.74, 6) is -1.02. The predicted octanol–water partition coefficient (Wildman–Crippen LogP) is 3.08. The van der Waals surface area contributed by atoms with Crippen LogP contribution in [-0.2, 0) is 4.74 Å². The van der Waals surface area contributed by atoms with Crippen LogP contribution in [0.25, 0.3) is 0 Å². The van der Waals surface area contributed by atoms with E-state index in [1.807, 2.05) is 12.1 Å². The van der Waals surface area contributed by atoms with Crippen molar-refractivity contribution in [2.75, 3.05) is 13.2 Å². The smallest absolute Gasteiger partial charge is 0.338 e. The minimum absolute atomic E-state index is 0.0000190. The first kappa shape index (κ1) is 17.7. The zero-order chi connectivity index (χ0) is 18.7. The van der Waals surface area contributed by atoms with Crippen molar-refractivity contribution >= 4 is 17.6 Å². The fourth-order valence-electron chi connectivity index (χ4n) is 3.22. The molecule has 8 nitrogen and oxygen atoms in total. The van der Waals surface area contributed by atoms with Crippen molar-refractivity contribution in [3.8, 4) is 0 Å². The summed E-state index contributed by atoms with van der Waals surface area (Å²) in [4.78, 5) is 40.4. The zero-order valence-corrected chi connectivity index (χ0v) is 14.3. The van der Waals surface area contributed by atoms with Gasteiger partial charge in [-0.05, 0) is 38.0 Å². The van der Waals surface area contributed by atoms with Crippen LogP contribution in [0.4, 0.5) is 5.69 Å². The summed E-state index contributed by atoms with van der Waals surface area (Å²) in [6.07, 6.45) is 3.45. The third kappa shape index (κ3) is 3.44. The van der Waals surface area contributed by atoms with E-state index in [9.17, 15) is 19.7 Å². The number of non-ortho nitro benzene ring substituents is 1. The first-order valence-electron chi connectivity index (χ1n) is 8.42. The maximum Gasteiger partial charge on any atom is 0.338 e. The van der Waals surface area contributed by atoms with Gasteiger partial charge in [-0.1, -0.05) is 0 Å². The molecule has 0 radical (unpaired) electrons. The van der Waals surface area contributed by atoms with Gasteiger partial charge in [0.25, 0.3) is 11.6 Å². The molecule has 1 N–H and O–H groups in total. The fraction of sp³-hybridized carbons (Fsp3) is 0.333. The summed E-state index contributed by atoms with van der Waals surface area (Å²) >= 11 is 0. The van der Waals surface area contributed by atoms with E-state index in [0.29, 0.717) is 6.54 Å². The number of nitro groups is 1. The maximum absolute atomic E-state index is 13.0. The van der Waals surface area contributed by atoms with Crippen molar-refractivity contribution in [1.29, 1.82) is 0 Å². The van der Waals surface area contributed by atoms with E-state index in [-0.39, 0.29) is 35.4 Å². The van der Waals surface area contributed by atoms with Gasteiger partial charge in [0.2, 0.25) is 0 Å². The molecule has 1 aliphatic rings. The van der Waals surface area contributed by atoms with Gasteiger partial charge in [-0.2, -0.15) is 0 Å². The molecule has 1 aromatic carbocycles. The molecule has 1 aromatic heterocycles. The van der Waals surface area contributed by atoms with Crippen molar-refractivity contribution < 1.29 is 19.2 Å². The number of benzene rings is 1. The summed E-state index contributed by atoms with van der Waals surface area (Å²) in [6, 6.07) is 7.35. The number of nitrogens with one attached hydrogen (secondary N) is 1. The fourth-order valence-corrected chi connectivity index (χ4v) is 3.22. The van der Waals surface area contributed by atoms with Gasteiger partial charge in [0, 0.05) is 36.1 Å². The van der Waals surface area contributed by atoms with Crippen LogP contribution in [0.5, 0.6) is 0 Å². The Kier molecular flexibility index (Phi) is 5.01. The lowest BCUT2D eigenvalue weighted by Crippen LogP contribution is -2.31. The number of hydrogen-bond acceptors (Lipinski definition) is 5. The number of carbonyl (C=O) groups excluding carboxylic acids is 2. The summed E-state index contributed by atoms with van der Waals surface area (Å²) in [7, 11) is 0. The second-order valence-corrected chi connectivity index (χ2v) is 6.03. The van der Waals surface area contributed by atoms with Crippen LogP contribution in [0.15, 0.2) is 36.5 Å². The van der Waals surface area contributed by atoms with E-state index in [2.05, 4.69) is 4.98 Å². The normalized spacial score (nSPS) is 16.5. The van der Waals surface area contributed by atoms with Gasteiger partial charge in [0.15, 0.2) is 0 Å². The molecule has 136 valence electrons. The Balaban J connectivity index is 1.95. The number of aromatic amines is 1. The van der Waals surface area contributed by atoms with Gasteiger partial charge in [-0.15, -0.1) is 0 Å². The lowest BCUT2D eigenvalue weighted by Gasteiger charge is -2.24. The molecule has 0 saturated carbocycles. The van der Waals surface area contributed by atoms with Crippen LogP contribution in [-0.4, -0.2) is 39.8 Å². The van der Waals surface area contributed by atoms with Gasteiger partial charge in [0.1, 0.15) is 0 Å². The highest BCUT2D eigenvalue weighted by molar-refractivity contribution is 5.99. The summed E-state index contributed by atoms with van der Waals surface area (Å²) in [6.45, 7) is 2.35. The van der Waals surface area contributed by atoms with E-state index in [1.54, 1.807) is 18.0 Å². The van der Waals surface area contributed by atoms with E-state index in [0.717, 1.165) is 24.6 Å². The van der Waals surface area contributed by atoms with Crippen LogP contribution in [0.1, 0.15) is 52.2 Å². The van der Waals surface area contributed by atoms with Crippen molar-refractivity contribution in [3.05, 3.63) is 63.5 Å². The molecule has 0 bridgehead atoms. The van der Waals surface area contributed by atoms with Gasteiger partial charge < -0.3 is 14.6 Å². The first-order chi connectivity index (χ1) is 12.5. The van der Waals surface area contributed by atoms with Crippen LogP contribution in [0.2, 0.25) is 0 Å². The average molecular weight is 357 g/mol. The van der Waals surface area contributed by atoms with Gasteiger partial charge in [-0.3, -0.25) is 14.9 Å². The number of nitro benzene ring substituents is 1. The molecule has 0 spiro atoms. The third-order valence-corrected chi connectivity index (χ3v) is 4.38. The molecule has 1 amide bonds. The number of nitrogens with zero attached hydrogens (tertiary/aromatic N) is 2. The predicted molar refractivity (Wildman–Crippen MR) is 92.9 cm³/mol. The summed E-state index contributed by atoms with van der Waals surface area (Å²) in [5, 5.41) is 11.2. The summed E-state index contributed by atoms with van der Waals surface area (Å²) in [5.41, 5.74) is 0.724. The number of ether oxygens (including phenoxy) is 1. The first-order valence-corrected chi connectivity index (χ1v) is 8.42. The van der Waals surface area contributed by atoms with Crippen molar-refractivity contribution in [2.24, 2.45) is 0 Å². The molecule has 3 rings (SSSR count). The minimum atomic E-state index is -0.687. The van der Waals surface area contributed by atoms with Crippen LogP contribution in [0, 0.1) is 10.1 Å². The molecule has 26 heavy (non-hydrogen) atoms. The van der Waals surface area contributed by atoms with Crippen LogP contribution >= 0.6 is 0 Å². The monoisotopic (exact) mass is 357 g/mol. The number of hydrogen-bond donors (Lipinski definition) is 1. The second-order valence-electron chi connectivity index (χ2n) is 6.03. The largest absolute Gasteiger partial charge is 0.462 e. The number of aromatic nitrogens is 1. The van der Waals surface area contributed by atoms with Gasteiger partial charge in [-0.25, -0.2) is 4.79 Å². The molecule has 1 atom stereocenters. The Bertz CT molecular complexity index is 831. The number of carbonyl (C=O) groups is 2. The van der Waals surface area contributed by atoms with Crippen LogP contribution < -0.4 is 0 Å². The van der Waals surface area contributed by atoms with E-state index >= 15 is 0 Å². The second kappa shape index (κ2) is 7.38. The molecule has 2 heterocycles. The van der Waals surface area contributed by atoms with E-state index < -0.39 is 10.9 Å². The average Bonchev–Trinajstić information content (AvgIpc) is 3.31. The number of H-pyrrole nitrogens is 1. The summed E-state index contributed by atoms with van der Waals surface area (Å²) < 4.78 is 4.91. The van der Waals surface area contributed by atoms with Crippen LogP contribution in [0.3, 0.4) is 0 Å². The Morgan fingerprint density at radius 1 is 1.35 bits per heavy atom. The SMILES string of the molecule is CCOC(=O)c1cc(C(=O)N2CCC[C@@H]2c2ccc[nH]2)cc([N+](=O)[O-])c1. The molecule has 1 saturated heterocycles. The molecular formula is C18H19N3O5. The molecule has 8 heteroatoms. The Hall–Kier alpha value is -3.16. The number of likely N-dealkylation sites (tertiary alicyclic amines) is 1. The van der Waals surface area contributed by atoms with Crippen molar-refractivity contribution in [3.63, 3.8) is 0 Å². The molecule has 0 unspecified atom stereocenters. The maximum atomic E-state index is 13.0. The Morgan fingerprint density at radius 3 is 2.77 bits per heavy atom. The number of rotatable bonds is 5. The van der Waals surface area contributed by atoms with Gasteiger partial charge >= 0.3 is 5.97 Å². The van der Waals surface area contributed by atoms with Crippen molar-refractivity contribution in [2.45, 2.75) is 25.8 Å². The Labute approximate surface area is 149 Å². The minimum Gasteiger partial charge on any atom is -0.462 e. The standard InChI is InChI=1S/C18H19N3O5/c1-2-26-18(23)13-9-12(10-14(11-13)21(24)25)17(22)20-8-4-6-16(20)15-5-3-7-19-15/h3,5,7,9-11,16,19H,2,4,6,8H2,1H3/t16-/m1/s1. The van der Waals surface area contributed by atoms with E-state index in [4.69, 9.17) is 4.74 Å². The van der Waals surface area contributed by atoms with Gasteiger partial charge in [0.05, 0.1) is 23.1 Å². The number of esters is 1.